The Bertz CT molecular complexity index is 712. The first kappa shape index (κ1) is 13.7. The summed E-state index contributed by atoms with van der Waals surface area (Å²) in [5, 5.41) is 12.7. The Labute approximate surface area is 129 Å². The second-order valence-electron chi connectivity index (χ2n) is 5.98. The van der Waals surface area contributed by atoms with Crippen LogP contribution in [0.2, 0.25) is 0 Å². The van der Waals surface area contributed by atoms with Crippen molar-refractivity contribution in [1.29, 1.82) is 0 Å². The maximum atomic E-state index is 10.7. The van der Waals surface area contributed by atoms with Crippen molar-refractivity contribution in [1.82, 2.24) is 0 Å². The molecular weight excluding hydrogens is 280 g/mol. The van der Waals surface area contributed by atoms with Crippen LogP contribution in [0.5, 0.6) is 17.2 Å². The van der Waals surface area contributed by atoms with Gasteiger partial charge in [-0.3, -0.25) is 0 Å². The third-order valence-electron chi connectivity index (χ3n) is 4.52. The van der Waals surface area contributed by atoms with Crippen molar-refractivity contribution in [3.63, 3.8) is 0 Å². The molecule has 4 heteroatoms. The molecule has 1 aliphatic heterocycles. The molecule has 4 nitrogen and oxygen atoms in total. The molecule has 0 spiro atoms. The lowest BCUT2D eigenvalue weighted by Crippen LogP contribution is -2.54. The molecule has 0 bridgehead atoms. The molecule has 1 fully saturated rings. The van der Waals surface area contributed by atoms with Crippen molar-refractivity contribution in [2.24, 2.45) is 0 Å². The molecular formula is C18H20O4. The summed E-state index contributed by atoms with van der Waals surface area (Å²) < 4.78 is 17.9. The number of rotatable bonds is 2. The SMILES string of the molecule is CCOc1cc2c(c3ccccc13)O[C@H]1CCCC[C@@]1(O)O2. The van der Waals surface area contributed by atoms with Gasteiger partial charge in [-0.25, -0.2) is 0 Å². The van der Waals surface area contributed by atoms with Gasteiger partial charge in [-0.2, -0.15) is 0 Å². The second-order valence-corrected chi connectivity index (χ2v) is 5.98. The van der Waals surface area contributed by atoms with Crippen LogP contribution in [0.4, 0.5) is 0 Å². The largest absolute Gasteiger partial charge is 0.493 e. The van der Waals surface area contributed by atoms with Gasteiger partial charge in [0.25, 0.3) is 0 Å². The third kappa shape index (κ3) is 2.02. The first-order valence-electron chi connectivity index (χ1n) is 7.98. The Morgan fingerprint density at radius 1 is 1.27 bits per heavy atom. The summed E-state index contributed by atoms with van der Waals surface area (Å²) in [7, 11) is 0. The number of hydrogen-bond donors (Lipinski definition) is 1. The van der Waals surface area contributed by atoms with Crippen LogP contribution < -0.4 is 14.2 Å². The topological polar surface area (TPSA) is 47.9 Å². The van der Waals surface area contributed by atoms with Gasteiger partial charge < -0.3 is 19.3 Å². The van der Waals surface area contributed by atoms with Crippen LogP contribution in [-0.4, -0.2) is 23.6 Å². The normalized spacial score (nSPS) is 26.5. The first-order chi connectivity index (χ1) is 10.7. The molecule has 1 saturated carbocycles. The van der Waals surface area contributed by atoms with E-state index in [9.17, 15) is 5.11 Å². The van der Waals surface area contributed by atoms with Crippen LogP contribution in [0, 0.1) is 0 Å². The highest BCUT2D eigenvalue weighted by Gasteiger charge is 2.47. The van der Waals surface area contributed by atoms with Crippen LogP contribution in [0.3, 0.4) is 0 Å². The van der Waals surface area contributed by atoms with Gasteiger partial charge in [-0.1, -0.05) is 24.3 Å². The summed E-state index contributed by atoms with van der Waals surface area (Å²) in [5.74, 6) is 0.841. The third-order valence-corrected chi connectivity index (χ3v) is 4.52. The summed E-state index contributed by atoms with van der Waals surface area (Å²) in [5.41, 5.74) is 0. The van der Waals surface area contributed by atoms with Crippen LogP contribution in [0.1, 0.15) is 32.6 Å². The number of fused-ring (bicyclic) bond motifs is 4. The van der Waals surface area contributed by atoms with Gasteiger partial charge in [0.05, 0.1) is 6.61 Å². The molecule has 0 unspecified atom stereocenters. The first-order valence-corrected chi connectivity index (χ1v) is 7.98. The van der Waals surface area contributed by atoms with E-state index in [0.29, 0.717) is 18.8 Å². The van der Waals surface area contributed by atoms with Gasteiger partial charge >= 0.3 is 0 Å². The molecule has 2 atom stereocenters. The lowest BCUT2D eigenvalue weighted by atomic mass is 9.90. The number of ether oxygens (including phenoxy) is 3. The van der Waals surface area contributed by atoms with E-state index in [2.05, 4.69) is 0 Å². The Morgan fingerprint density at radius 2 is 2.09 bits per heavy atom. The minimum atomic E-state index is -1.21. The van der Waals surface area contributed by atoms with Crippen LogP contribution in [-0.2, 0) is 0 Å². The molecule has 116 valence electrons. The standard InChI is InChI=1S/C18H20O4/c1-2-20-14-11-15-17(13-8-4-3-7-12(13)14)21-16-9-5-6-10-18(16,19)22-15/h3-4,7-8,11,16,19H,2,5-6,9-10H2,1H3/t16-,18+/m0/s1. The summed E-state index contributed by atoms with van der Waals surface area (Å²) >= 11 is 0. The van der Waals surface area contributed by atoms with E-state index in [4.69, 9.17) is 14.2 Å². The lowest BCUT2D eigenvalue weighted by molar-refractivity contribution is -0.228. The summed E-state index contributed by atoms with van der Waals surface area (Å²) in [6.07, 6.45) is 3.14. The summed E-state index contributed by atoms with van der Waals surface area (Å²) in [6.45, 7) is 2.53. The van der Waals surface area contributed by atoms with Gasteiger partial charge in [-0.05, 0) is 26.2 Å². The number of benzene rings is 2. The minimum absolute atomic E-state index is 0.296. The van der Waals surface area contributed by atoms with Crippen molar-refractivity contribution in [2.45, 2.75) is 44.5 Å². The minimum Gasteiger partial charge on any atom is -0.493 e. The predicted octanol–water partition coefficient (Wildman–Crippen LogP) is 3.64. The highest BCUT2D eigenvalue weighted by atomic mass is 16.7. The Hall–Kier alpha value is -1.94. The van der Waals surface area contributed by atoms with Crippen molar-refractivity contribution >= 4 is 10.8 Å². The average molecular weight is 300 g/mol. The molecule has 2 aliphatic rings. The van der Waals surface area contributed by atoms with E-state index in [1.165, 1.54) is 0 Å². The van der Waals surface area contributed by atoms with E-state index < -0.39 is 5.79 Å². The van der Waals surface area contributed by atoms with E-state index in [-0.39, 0.29) is 6.10 Å². The molecule has 0 aromatic heterocycles. The zero-order valence-corrected chi connectivity index (χ0v) is 12.7. The maximum Gasteiger partial charge on any atom is 0.245 e. The highest BCUT2D eigenvalue weighted by Crippen LogP contribution is 2.49. The quantitative estimate of drug-likeness (QED) is 0.920. The number of aliphatic hydroxyl groups is 1. The molecule has 0 amide bonds. The van der Waals surface area contributed by atoms with E-state index in [0.717, 1.165) is 41.5 Å². The predicted molar refractivity (Wildman–Crippen MR) is 83.6 cm³/mol. The van der Waals surface area contributed by atoms with Gasteiger partial charge in [-0.15, -0.1) is 0 Å². The fourth-order valence-electron chi connectivity index (χ4n) is 3.46. The van der Waals surface area contributed by atoms with Crippen molar-refractivity contribution in [2.75, 3.05) is 6.61 Å². The van der Waals surface area contributed by atoms with E-state index in [1.54, 1.807) is 0 Å². The summed E-state index contributed by atoms with van der Waals surface area (Å²) in [6, 6.07) is 9.82. The second kappa shape index (κ2) is 5.06. The Balaban J connectivity index is 1.88. The lowest BCUT2D eigenvalue weighted by Gasteiger charge is -2.43. The van der Waals surface area contributed by atoms with Crippen molar-refractivity contribution in [3.8, 4) is 17.2 Å². The van der Waals surface area contributed by atoms with E-state index >= 15 is 0 Å². The molecule has 1 aliphatic carbocycles. The van der Waals surface area contributed by atoms with E-state index in [1.807, 2.05) is 37.3 Å². The average Bonchev–Trinajstić information content (AvgIpc) is 2.53. The zero-order chi connectivity index (χ0) is 15.2. The molecule has 1 N–H and O–H groups in total. The number of hydrogen-bond acceptors (Lipinski definition) is 4. The Kier molecular flexibility index (Phi) is 3.15. The molecule has 4 rings (SSSR count). The molecule has 0 radical (unpaired) electrons. The Morgan fingerprint density at radius 3 is 2.91 bits per heavy atom. The molecule has 22 heavy (non-hydrogen) atoms. The fraction of sp³-hybridized carbons (Fsp3) is 0.444. The fourth-order valence-corrected chi connectivity index (χ4v) is 3.46. The summed E-state index contributed by atoms with van der Waals surface area (Å²) in [4.78, 5) is 0. The van der Waals surface area contributed by atoms with Gasteiger partial charge in [0.1, 0.15) is 5.75 Å². The maximum absolute atomic E-state index is 10.7. The van der Waals surface area contributed by atoms with Crippen LogP contribution >= 0.6 is 0 Å². The molecule has 2 aromatic rings. The molecule has 1 heterocycles. The van der Waals surface area contributed by atoms with Gasteiger partial charge in [0.15, 0.2) is 17.6 Å². The smallest absolute Gasteiger partial charge is 0.245 e. The monoisotopic (exact) mass is 300 g/mol. The van der Waals surface area contributed by atoms with Crippen LogP contribution in [0.15, 0.2) is 30.3 Å². The zero-order valence-electron chi connectivity index (χ0n) is 12.7. The van der Waals surface area contributed by atoms with Crippen molar-refractivity contribution < 1.29 is 19.3 Å². The highest BCUT2D eigenvalue weighted by molar-refractivity contribution is 5.95. The van der Waals surface area contributed by atoms with Crippen molar-refractivity contribution in [3.05, 3.63) is 30.3 Å². The molecule has 2 aromatic carbocycles. The molecule has 0 saturated heterocycles. The van der Waals surface area contributed by atoms with Gasteiger partial charge in [0.2, 0.25) is 5.79 Å². The van der Waals surface area contributed by atoms with Crippen LogP contribution in [0.25, 0.3) is 10.8 Å². The van der Waals surface area contributed by atoms with Gasteiger partial charge in [0, 0.05) is 23.3 Å².